The van der Waals surface area contributed by atoms with Crippen molar-refractivity contribution in [1.82, 2.24) is 5.32 Å². The van der Waals surface area contributed by atoms with Crippen LogP contribution in [-0.2, 0) is 6.54 Å². The molecule has 0 aromatic heterocycles. The Morgan fingerprint density at radius 3 is 2.38 bits per heavy atom. The topological polar surface area (TPSA) is 55.2 Å². The Balaban J connectivity index is 2.01. The summed E-state index contributed by atoms with van der Waals surface area (Å²) in [6.45, 7) is 3.93. The third kappa shape index (κ3) is 8.45. The summed E-state index contributed by atoms with van der Waals surface area (Å²) in [7, 11) is 0. The second-order valence-electron chi connectivity index (χ2n) is 5.58. The van der Waals surface area contributed by atoms with Crippen LogP contribution in [0.25, 0.3) is 0 Å². The molecule has 0 aliphatic rings. The van der Waals surface area contributed by atoms with E-state index in [1.807, 2.05) is 6.07 Å². The molecule has 0 aliphatic carbocycles. The lowest BCUT2D eigenvalue weighted by atomic mass is 10.1. The second-order valence-corrected chi connectivity index (χ2v) is 5.58. The smallest absolute Gasteiger partial charge is 0.269 e. The fourth-order valence-corrected chi connectivity index (χ4v) is 2.40. The molecule has 0 saturated carbocycles. The van der Waals surface area contributed by atoms with Crippen LogP contribution in [0.3, 0.4) is 0 Å². The summed E-state index contributed by atoms with van der Waals surface area (Å²) in [5, 5.41) is 14.0. The summed E-state index contributed by atoms with van der Waals surface area (Å²) in [6, 6.07) is 6.84. The van der Waals surface area contributed by atoms with Gasteiger partial charge in [0.05, 0.1) is 4.92 Å². The van der Waals surface area contributed by atoms with Crippen molar-refractivity contribution >= 4 is 5.69 Å². The van der Waals surface area contributed by atoms with Crippen molar-refractivity contribution in [1.29, 1.82) is 0 Å². The lowest BCUT2D eigenvalue weighted by molar-refractivity contribution is -0.384. The summed E-state index contributed by atoms with van der Waals surface area (Å²) in [5.74, 6) is 0. The zero-order valence-electron chi connectivity index (χ0n) is 13.1. The van der Waals surface area contributed by atoms with Gasteiger partial charge in [0, 0.05) is 18.7 Å². The molecular formula is C17H28N2O2. The van der Waals surface area contributed by atoms with E-state index in [1.54, 1.807) is 12.1 Å². The molecular weight excluding hydrogens is 264 g/mol. The van der Waals surface area contributed by atoms with Gasteiger partial charge in [0.25, 0.3) is 5.69 Å². The van der Waals surface area contributed by atoms with Crippen LogP contribution in [0.1, 0.15) is 63.9 Å². The maximum Gasteiger partial charge on any atom is 0.269 e. The predicted octanol–water partition coefficient (Wildman–Crippen LogP) is 4.83. The fourth-order valence-electron chi connectivity index (χ4n) is 2.40. The molecule has 0 bridgehead atoms. The van der Waals surface area contributed by atoms with Gasteiger partial charge in [0.2, 0.25) is 0 Å². The summed E-state index contributed by atoms with van der Waals surface area (Å²) in [6.07, 6.45) is 10.5. The monoisotopic (exact) mass is 292 g/mol. The SMILES string of the molecule is CCCCCCCCCCNCc1cccc([N+](=O)[O-])c1. The number of nitro groups is 1. The van der Waals surface area contributed by atoms with Crippen LogP contribution in [-0.4, -0.2) is 11.5 Å². The zero-order chi connectivity index (χ0) is 15.3. The van der Waals surface area contributed by atoms with Gasteiger partial charge in [-0.15, -0.1) is 0 Å². The second kappa shape index (κ2) is 11.3. The molecule has 1 N–H and O–H groups in total. The van der Waals surface area contributed by atoms with E-state index >= 15 is 0 Å². The van der Waals surface area contributed by atoms with Crippen LogP contribution in [0.2, 0.25) is 0 Å². The third-order valence-corrected chi connectivity index (χ3v) is 3.66. The van der Waals surface area contributed by atoms with Gasteiger partial charge in [-0.25, -0.2) is 0 Å². The Labute approximate surface area is 128 Å². The number of rotatable bonds is 12. The van der Waals surface area contributed by atoms with Gasteiger partial charge in [-0.3, -0.25) is 10.1 Å². The standard InChI is InChI=1S/C17H28N2O2/c1-2-3-4-5-6-7-8-9-13-18-15-16-11-10-12-17(14-16)19(20)21/h10-12,14,18H,2-9,13,15H2,1H3. The average molecular weight is 292 g/mol. The Morgan fingerprint density at radius 1 is 1.05 bits per heavy atom. The van der Waals surface area contributed by atoms with Crippen molar-refractivity contribution in [2.24, 2.45) is 0 Å². The van der Waals surface area contributed by atoms with E-state index in [0.717, 1.165) is 12.1 Å². The van der Waals surface area contributed by atoms with Gasteiger partial charge in [-0.2, -0.15) is 0 Å². The maximum absolute atomic E-state index is 10.7. The zero-order valence-corrected chi connectivity index (χ0v) is 13.1. The summed E-state index contributed by atoms with van der Waals surface area (Å²) in [5.41, 5.74) is 1.14. The summed E-state index contributed by atoms with van der Waals surface area (Å²) in [4.78, 5) is 10.3. The molecule has 0 spiro atoms. The highest BCUT2D eigenvalue weighted by molar-refractivity contribution is 5.34. The van der Waals surface area contributed by atoms with Crippen LogP contribution in [0.15, 0.2) is 24.3 Å². The molecule has 0 saturated heterocycles. The van der Waals surface area contributed by atoms with E-state index in [-0.39, 0.29) is 10.6 Å². The molecule has 1 aromatic carbocycles. The minimum atomic E-state index is -0.345. The Bertz CT molecular complexity index is 408. The van der Waals surface area contributed by atoms with Crippen molar-refractivity contribution in [3.05, 3.63) is 39.9 Å². The normalized spacial score (nSPS) is 10.7. The molecule has 0 atom stereocenters. The van der Waals surface area contributed by atoms with Crippen molar-refractivity contribution in [2.45, 2.75) is 64.8 Å². The van der Waals surface area contributed by atoms with Crippen molar-refractivity contribution in [3.63, 3.8) is 0 Å². The van der Waals surface area contributed by atoms with Gasteiger partial charge >= 0.3 is 0 Å². The van der Waals surface area contributed by atoms with Gasteiger partial charge in [0.1, 0.15) is 0 Å². The number of nitrogens with zero attached hydrogens (tertiary/aromatic N) is 1. The maximum atomic E-state index is 10.7. The first-order valence-corrected chi connectivity index (χ1v) is 8.18. The Hall–Kier alpha value is -1.42. The Morgan fingerprint density at radius 2 is 1.71 bits per heavy atom. The molecule has 1 aromatic rings. The Kier molecular flexibility index (Phi) is 9.46. The molecule has 118 valence electrons. The van der Waals surface area contributed by atoms with E-state index in [9.17, 15) is 10.1 Å². The average Bonchev–Trinajstić information content (AvgIpc) is 2.49. The number of nitrogens with one attached hydrogen (secondary N) is 1. The first-order valence-electron chi connectivity index (χ1n) is 8.18. The predicted molar refractivity (Wildman–Crippen MR) is 87.4 cm³/mol. The first kappa shape index (κ1) is 17.6. The van der Waals surface area contributed by atoms with Crippen LogP contribution in [0, 0.1) is 10.1 Å². The molecule has 4 nitrogen and oxygen atoms in total. The highest BCUT2D eigenvalue weighted by Gasteiger charge is 2.04. The molecule has 21 heavy (non-hydrogen) atoms. The summed E-state index contributed by atoms with van der Waals surface area (Å²) >= 11 is 0. The minimum absolute atomic E-state index is 0.168. The number of nitro benzene ring substituents is 1. The molecule has 0 aliphatic heterocycles. The van der Waals surface area contributed by atoms with Crippen molar-refractivity contribution in [2.75, 3.05) is 6.54 Å². The molecule has 0 heterocycles. The number of benzene rings is 1. The van der Waals surface area contributed by atoms with Gasteiger partial charge < -0.3 is 5.32 Å². The van der Waals surface area contributed by atoms with Crippen LogP contribution in [0.4, 0.5) is 5.69 Å². The van der Waals surface area contributed by atoms with E-state index in [1.165, 1.54) is 57.4 Å². The quantitative estimate of drug-likeness (QED) is 0.341. The van der Waals surface area contributed by atoms with Crippen molar-refractivity contribution in [3.8, 4) is 0 Å². The van der Waals surface area contributed by atoms with Crippen LogP contribution in [0.5, 0.6) is 0 Å². The van der Waals surface area contributed by atoms with Crippen LogP contribution < -0.4 is 5.32 Å². The molecule has 4 heteroatoms. The van der Waals surface area contributed by atoms with E-state index in [2.05, 4.69) is 12.2 Å². The van der Waals surface area contributed by atoms with Gasteiger partial charge in [-0.1, -0.05) is 64.0 Å². The van der Waals surface area contributed by atoms with Gasteiger partial charge in [0.15, 0.2) is 0 Å². The van der Waals surface area contributed by atoms with Crippen molar-refractivity contribution < 1.29 is 4.92 Å². The molecule has 1 rings (SSSR count). The number of hydrogen-bond donors (Lipinski definition) is 1. The first-order chi connectivity index (χ1) is 10.2. The lowest BCUT2D eigenvalue weighted by Crippen LogP contribution is -2.14. The number of hydrogen-bond acceptors (Lipinski definition) is 3. The largest absolute Gasteiger partial charge is 0.313 e. The third-order valence-electron chi connectivity index (χ3n) is 3.66. The highest BCUT2D eigenvalue weighted by Crippen LogP contribution is 2.13. The van der Waals surface area contributed by atoms with Crippen LogP contribution >= 0.6 is 0 Å². The number of unbranched alkanes of at least 4 members (excludes halogenated alkanes) is 7. The molecule has 0 amide bonds. The lowest BCUT2D eigenvalue weighted by Gasteiger charge is -2.05. The van der Waals surface area contributed by atoms with Gasteiger partial charge in [-0.05, 0) is 18.5 Å². The molecule has 0 unspecified atom stereocenters. The van der Waals surface area contributed by atoms with E-state index < -0.39 is 0 Å². The summed E-state index contributed by atoms with van der Waals surface area (Å²) < 4.78 is 0. The number of non-ortho nitro benzene ring substituents is 1. The molecule has 0 radical (unpaired) electrons. The molecule has 0 fully saturated rings. The van der Waals surface area contributed by atoms with E-state index in [4.69, 9.17) is 0 Å². The van der Waals surface area contributed by atoms with E-state index in [0.29, 0.717) is 6.54 Å². The minimum Gasteiger partial charge on any atom is -0.313 e. The fraction of sp³-hybridized carbons (Fsp3) is 0.647. The highest BCUT2D eigenvalue weighted by atomic mass is 16.6.